The van der Waals surface area contributed by atoms with E-state index in [1.54, 1.807) is 0 Å². The van der Waals surface area contributed by atoms with Crippen LogP contribution in [0.25, 0.3) is 0 Å². The van der Waals surface area contributed by atoms with Gasteiger partial charge in [0.2, 0.25) is 5.91 Å². The molecular formula is C9H18NO6P. The molecule has 0 saturated carbocycles. The molecule has 0 aliphatic rings. The minimum Gasteiger partial charge on any atom is -0.354 e. The Hall–Kier alpha value is -0.750. The summed E-state index contributed by atoms with van der Waals surface area (Å²) in [6, 6.07) is 0. The van der Waals surface area contributed by atoms with Crippen LogP contribution in [0, 0.1) is 0 Å². The first kappa shape index (κ1) is 16.2. The fourth-order valence-electron chi connectivity index (χ4n) is 0.990. The van der Waals surface area contributed by atoms with Crippen molar-refractivity contribution in [3.8, 4) is 0 Å². The first-order valence-electron chi connectivity index (χ1n) is 5.16. The average molecular weight is 267 g/mol. The predicted octanol–water partition coefficient (Wildman–Crippen LogP) is 0.625. The quantitative estimate of drug-likeness (QED) is 0.469. The molecule has 100 valence electrons. The summed E-state index contributed by atoms with van der Waals surface area (Å²) >= 11 is 0. The van der Waals surface area contributed by atoms with E-state index in [2.05, 4.69) is 14.4 Å². The SMILES string of the molecule is COP(=O)(O)OCCNC(=O)CCCC(C)=O. The van der Waals surface area contributed by atoms with Crippen molar-refractivity contribution in [2.24, 2.45) is 0 Å². The number of phosphoric acid groups is 1. The summed E-state index contributed by atoms with van der Waals surface area (Å²) < 4.78 is 19.5. The molecule has 0 saturated heterocycles. The van der Waals surface area contributed by atoms with Gasteiger partial charge in [0, 0.05) is 26.5 Å². The van der Waals surface area contributed by atoms with Gasteiger partial charge in [-0.15, -0.1) is 0 Å². The van der Waals surface area contributed by atoms with Crippen LogP contribution in [0.2, 0.25) is 0 Å². The molecule has 0 aliphatic heterocycles. The van der Waals surface area contributed by atoms with Crippen LogP contribution in [0.3, 0.4) is 0 Å². The third kappa shape index (κ3) is 10.1. The molecule has 7 nitrogen and oxygen atoms in total. The number of carbonyl (C=O) groups is 2. The molecule has 0 aliphatic carbocycles. The van der Waals surface area contributed by atoms with E-state index in [4.69, 9.17) is 4.89 Å². The molecule has 0 heterocycles. The maximum absolute atomic E-state index is 11.2. The second-order valence-corrected chi connectivity index (χ2v) is 4.95. The Balaban J connectivity index is 3.52. The van der Waals surface area contributed by atoms with Crippen molar-refractivity contribution in [2.75, 3.05) is 20.3 Å². The number of amides is 1. The van der Waals surface area contributed by atoms with Gasteiger partial charge in [-0.1, -0.05) is 0 Å². The smallest absolute Gasteiger partial charge is 0.354 e. The Bertz CT molecular complexity index is 306. The van der Waals surface area contributed by atoms with E-state index in [1.165, 1.54) is 6.92 Å². The van der Waals surface area contributed by atoms with Crippen LogP contribution < -0.4 is 5.32 Å². The number of carbonyl (C=O) groups excluding carboxylic acids is 2. The maximum Gasteiger partial charge on any atom is 0.471 e. The largest absolute Gasteiger partial charge is 0.471 e. The molecular weight excluding hydrogens is 249 g/mol. The fourth-order valence-corrected chi connectivity index (χ4v) is 1.42. The van der Waals surface area contributed by atoms with Crippen molar-refractivity contribution in [3.63, 3.8) is 0 Å². The van der Waals surface area contributed by atoms with E-state index < -0.39 is 7.82 Å². The van der Waals surface area contributed by atoms with Crippen LogP contribution in [-0.2, 0) is 23.2 Å². The maximum atomic E-state index is 11.2. The van der Waals surface area contributed by atoms with E-state index >= 15 is 0 Å². The van der Waals surface area contributed by atoms with Gasteiger partial charge >= 0.3 is 7.82 Å². The molecule has 0 bridgehead atoms. The van der Waals surface area contributed by atoms with Crippen molar-refractivity contribution in [1.29, 1.82) is 0 Å². The van der Waals surface area contributed by atoms with Crippen LogP contribution in [-0.4, -0.2) is 36.8 Å². The standard InChI is InChI=1S/C9H18NO6P/c1-8(11)4-3-5-9(12)10-6-7-16-17(13,14)15-2/h3-7H2,1-2H3,(H,10,12)(H,13,14). The van der Waals surface area contributed by atoms with Crippen LogP contribution in [0.1, 0.15) is 26.2 Å². The van der Waals surface area contributed by atoms with Gasteiger partial charge in [0.1, 0.15) is 5.78 Å². The normalized spacial score (nSPS) is 14.1. The number of Topliss-reactive ketones (excluding diaryl/α,β-unsaturated/α-hetero) is 1. The Morgan fingerprint density at radius 1 is 1.35 bits per heavy atom. The molecule has 0 aromatic rings. The first-order valence-corrected chi connectivity index (χ1v) is 6.66. The summed E-state index contributed by atoms with van der Waals surface area (Å²) in [5, 5.41) is 2.49. The van der Waals surface area contributed by atoms with Gasteiger partial charge in [0.25, 0.3) is 0 Å². The Morgan fingerprint density at radius 2 is 2.00 bits per heavy atom. The number of ketones is 1. The minimum atomic E-state index is -3.96. The molecule has 0 rings (SSSR count). The highest BCUT2D eigenvalue weighted by Crippen LogP contribution is 2.41. The van der Waals surface area contributed by atoms with Gasteiger partial charge in [0.05, 0.1) is 6.61 Å². The molecule has 0 radical (unpaired) electrons. The number of hydrogen-bond donors (Lipinski definition) is 2. The molecule has 17 heavy (non-hydrogen) atoms. The van der Waals surface area contributed by atoms with Crippen LogP contribution >= 0.6 is 7.82 Å². The highest BCUT2D eigenvalue weighted by Gasteiger charge is 2.17. The molecule has 1 amide bonds. The predicted molar refractivity (Wildman–Crippen MR) is 60.3 cm³/mol. The summed E-state index contributed by atoms with van der Waals surface area (Å²) in [7, 11) is -2.91. The molecule has 0 spiro atoms. The third-order valence-electron chi connectivity index (χ3n) is 1.84. The molecule has 8 heteroatoms. The van der Waals surface area contributed by atoms with Crippen LogP contribution in [0.5, 0.6) is 0 Å². The minimum absolute atomic E-state index is 0.0439. The van der Waals surface area contributed by atoms with Crippen molar-refractivity contribution >= 4 is 19.5 Å². The van der Waals surface area contributed by atoms with Crippen molar-refractivity contribution in [2.45, 2.75) is 26.2 Å². The topological polar surface area (TPSA) is 102 Å². The zero-order chi connectivity index (χ0) is 13.3. The number of nitrogens with one attached hydrogen (secondary N) is 1. The summed E-state index contributed by atoms with van der Waals surface area (Å²) in [5.74, 6) is -0.178. The number of phosphoric ester groups is 1. The molecule has 0 fully saturated rings. The second kappa shape index (κ2) is 8.36. The van der Waals surface area contributed by atoms with Gasteiger partial charge in [-0.25, -0.2) is 4.57 Å². The third-order valence-corrected chi connectivity index (χ3v) is 2.81. The summed E-state index contributed by atoms with van der Waals surface area (Å²) in [4.78, 5) is 30.6. The van der Waals surface area contributed by atoms with Crippen molar-refractivity contribution < 1.29 is 28.1 Å². The van der Waals surface area contributed by atoms with E-state index in [0.29, 0.717) is 12.8 Å². The Kier molecular flexibility index (Phi) is 7.99. The van der Waals surface area contributed by atoms with Gasteiger partial charge in [-0.2, -0.15) is 0 Å². The van der Waals surface area contributed by atoms with E-state index in [1.807, 2.05) is 0 Å². The van der Waals surface area contributed by atoms with Gasteiger partial charge in [-0.05, 0) is 13.3 Å². The molecule has 0 aromatic heterocycles. The van der Waals surface area contributed by atoms with Crippen LogP contribution in [0.15, 0.2) is 0 Å². The average Bonchev–Trinajstić information content (AvgIpc) is 2.24. The summed E-state index contributed by atoms with van der Waals surface area (Å²) in [6.45, 7) is 1.47. The molecule has 0 aromatic carbocycles. The van der Waals surface area contributed by atoms with E-state index in [-0.39, 0.29) is 31.3 Å². The van der Waals surface area contributed by atoms with Crippen molar-refractivity contribution in [1.82, 2.24) is 5.32 Å². The highest BCUT2D eigenvalue weighted by atomic mass is 31.2. The molecule has 1 atom stereocenters. The lowest BCUT2D eigenvalue weighted by molar-refractivity contribution is -0.121. The number of hydrogen-bond acceptors (Lipinski definition) is 5. The van der Waals surface area contributed by atoms with E-state index in [9.17, 15) is 14.2 Å². The highest BCUT2D eigenvalue weighted by molar-refractivity contribution is 7.47. The van der Waals surface area contributed by atoms with Crippen LogP contribution in [0.4, 0.5) is 0 Å². The van der Waals surface area contributed by atoms with Gasteiger partial charge in [0.15, 0.2) is 0 Å². The second-order valence-electron chi connectivity index (χ2n) is 3.39. The Morgan fingerprint density at radius 3 is 2.53 bits per heavy atom. The lowest BCUT2D eigenvalue weighted by Gasteiger charge is -2.09. The lowest BCUT2D eigenvalue weighted by atomic mass is 10.2. The Labute approximate surface area is 100 Å². The van der Waals surface area contributed by atoms with Crippen molar-refractivity contribution in [3.05, 3.63) is 0 Å². The summed E-state index contributed by atoms with van der Waals surface area (Å²) in [5.41, 5.74) is 0. The van der Waals surface area contributed by atoms with Gasteiger partial charge in [-0.3, -0.25) is 13.8 Å². The summed E-state index contributed by atoms with van der Waals surface area (Å²) in [6.07, 6.45) is 1.12. The zero-order valence-corrected chi connectivity index (χ0v) is 10.9. The molecule has 2 N–H and O–H groups in total. The number of rotatable bonds is 9. The van der Waals surface area contributed by atoms with Gasteiger partial charge < -0.3 is 15.0 Å². The molecule has 1 unspecified atom stereocenters. The monoisotopic (exact) mass is 267 g/mol. The zero-order valence-electron chi connectivity index (χ0n) is 9.97. The van der Waals surface area contributed by atoms with E-state index in [0.717, 1.165) is 7.11 Å². The lowest BCUT2D eigenvalue weighted by Crippen LogP contribution is -2.26. The first-order chi connectivity index (χ1) is 7.87. The fraction of sp³-hybridized carbons (Fsp3) is 0.778.